The Bertz CT molecular complexity index is 984. The van der Waals surface area contributed by atoms with Gasteiger partial charge in [-0.1, -0.05) is 13.3 Å². The number of hydrogen-bond donors (Lipinski definition) is 2. The lowest BCUT2D eigenvalue weighted by Crippen LogP contribution is -2.16. The topological polar surface area (TPSA) is 85.0 Å². The predicted octanol–water partition coefficient (Wildman–Crippen LogP) is 5.16. The highest BCUT2D eigenvalue weighted by atomic mass is 32.2. The van der Waals surface area contributed by atoms with Gasteiger partial charge in [0.15, 0.2) is 6.29 Å². The molecule has 0 atom stereocenters. The van der Waals surface area contributed by atoms with Gasteiger partial charge in [0.25, 0.3) is 0 Å². The van der Waals surface area contributed by atoms with E-state index in [1.807, 2.05) is 56.3 Å². The van der Waals surface area contributed by atoms with Crippen LogP contribution in [0.3, 0.4) is 0 Å². The van der Waals surface area contributed by atoms with Crippen molar-refractivity contribution in [3.05, 3.63) is 59.5 Å². The predicted molar refractivity (Wildman–Crippen MR) is 126 cm³/mol. The number of aromatic nitrogens is 1. The lowest BCUT2D eigenvalue weighted by atomic mass is 10.2. The first-order valence-electron chi connectivity index (χ1n) is 10.9. The molecule has 0 amide bonds. The maximum atomic E-state index is 8.94. The Morgan fingerprint density at radius 1 is 1.06 bits per heavy atom. The number of benzene rings is 2. The van der Waals surface area contributed by atoms with E-state index in [9.17, 15) is 0 Å². The summed E-state index contributed by atoms with van der Waals surface area (Å²) in [6.45, 7) is 6.63. The first-order chi connectivity index (χ1) is 15.5. The number of oxazole rings is 1. The quantitative estimate of drug-likeness (QED) is 0.221. The Morgan fingerprint density at radius 2 is 1.84 bits per heavy atom. The molecule has 2 N–H and O–H groups in total. The molecular formula is C25H31NO5S. The van der Waals surface area contributed by atoms with E-state index < -0.39 is 6.29 Å². The van der Waals surface area contributed by atoms with Gasteiger partial charge in [-0.15, -0.1) is 11.8 Å². The molecule has 0 fully saturated rings. The van der Waals surface area contributed by atoms with E-state index in [0.29, 0.717) is 11.6 Å². The molecule has 7 heteroatoms. The van der Waals surface area contributed by atoms with Crippen molar-refractivity contribution in [1.82, 2.24) is 4.98 Å². The number of rotatable bonds is 12. The second-order valence-electron chi connectivity index (χ2n) is 7.57. The van der Waals surface area contributed by atoms with E-state index in [4.69, 9.17) is 29.1 Å². The van der Waals surface area contributed by atoms with Gasteiger partial charge in [0.05, 0.1) is 12.3 Å². The van der Waals surface area contributed by atoms with Crippen LogP contribution in [0.4, 0.5) is 0 Å². The van der Waals surface area contributed by atoms with Crippen LogP contribution in [0.1, 0.15) is 36.8 Å². The van der Waals surface area contributed by atoms with Gasteiger partial charge in [-0.2, -0.15) is 0 Å². The average Bonchev–Trinajstić information content (AvgIpc) is 3.14. The number of ether oxygens (including phenoxy) is 2. The van der Waals surface area contributed by atoms with Gasteiger partial charge in [-0.3, -0.25) is 0 Å². The summed E-state index contributed by atoms with van der Waals surface area (Å²) in [7, 11) is 0. The minimum absolute atomic E-state index is 0.143. The van der Waals surface area contributed by atoms with Crippen LogP contribution in [0.25, 0.3) is 11.5 Å². The summed E-state index contributed by atoms with van der Waals surface area (Å²) in [5.74, 6) is 3.85. The van der Waals surface area contributed by atoms with Crippen molar-refractivity contribution in [2.24, 2.45) is 0 Å². The molecule has 0 saturated carbocycles. The highest BCUT2D eigenvalue weighted by Gasteiger charge is 2.12. The fourth-order valence-corrected chi connectivity index (χ4v) is 4.07. The van der Waals surface area contributed by atoms with Crippen molar-refractivity contribution in [2.45, 2.75) is 51.2 Å². The van der Waals surface area contributed by atoms with E-state index >= 15 is 0 Å². The summed E-state index contributed by atoms with van der Waals surface area (Å²) in [6.07, 6.45) is 1.49. The number of nitrogens with zero attached hydrogens (tertiary/aromatic N) is 1. The van der Waals surface area contributed by atoms with E-state index in [1.165, 1.54) is 0 Å². The zero-order chi connectivity index (χ0) is 22.9. The van der Waals surface area contributed by atoms with Crippen molar-refractivity contribution in [3.8, 4) is 23.0 Å². The van der Waals surface area contributed by atoms with Crippen molar-refractivity contribution in [1.29, 1.82) is 0 Å². The number of aliphatic hydroxyl groups excluding tert-OH is 1. The van der Waals surface area contributed by atoms with Crippen LogP contribution in [0, 0.1) is 13.8 Å². The minimum Gasteiger partial charge on any atom is -0.494 e. The van der Waals surface area contributed by atoms with Gasteiger partial charge in [0, 0.05) is 22.6 Å². The molecule has 3 rings (SSSR count). The van der Waals surface area contributed by atoms with Gasteiger partial charge < -0.3 is 24.1 Å². The third kappa shape index (κ3) is 7.02. The van der Waals surface area contributed by atoms with Crippen molar-refractivity contribution in [3.63, 3.8) is 0 Å². The number of hydrogen-bond acceptors (Lipinski definition) is 7. The fraction of sp³-hybridized carbons (Fsp3) is 0.400. The molecule has 0 unspecified atom stereocenters. The summed E-state index contributed by atoms with van der Waals surface area (Å²) in [6, 6.07) is 13.7. The maximum Gasteiger partial charge on any atom is 0.226 e. The normalized spacial score (nSPS) is 11.2. The maximum absolute atomic E-state index is 8.94. The lowest BCUT2D eigenvalue weighted by Gasteiger charge is -2.11. The molecule has 172 valence electrons. The first kappa shape index (κ1) is 24.2. The molecule has 0 saturated heterocycles. The van der Waals surface area contributed by atoms with E-state index in [1.54, 1.807) is 11.8 Å². The molecule has 0 aliphatic carbocycles. The Labute approximate surface area is 193 Å². The van der Waals surface area contributed by atoms with Crippen LogP contribution in [-0.4, -0.2) is 40.5 Å². The summed E-state index contributed by atoms with van der Waals surface area (Å²) in [4.78, 5) is 5.83. The summed E-state index contributed by atoms with van der Waals surface area (Å²) in [5.41, 5.74) is 2.86. The monoisotopic (exact) mass is 457 g/mol. The molecule has 0 aliphatic rings. The molecule has 1 aromatic heterocycles. The van der Waals surface area contributed by atoms with Crippen LogP contribution in [-0.2, 0) is 6.42 Å². The Hall–Kier alpha value is -2.48. The molecule has 6 nitrogen and oxygen atoms in total. The van der Waals surface area contributed by atoms with Gasteiger partial charge in [0.1, 0.15) is 23.9 Å². The standard InChI is InChI=1S/C25H31NO5S/c1-4-5-13-29-20-8-6-19(7-9-20)25-26-22(18(3)31-25)12-14-32-21-10-11-23(17(2)15-21)30-16-24(27)28/h6-11,15,24,27-28H,4-5,12-14,16H2,1-3H3. The smallest absolute Gasteiger partial charge is 0.226 e. The third-order valence-electron chi connectivity index (χ3n) is 4.90. The number of thioether (sulfide) groups is 1. The van der Waals surface area contributed by atoms with Gasteiger partial charge in [0.2, 0.25) is 5.89 Å². The minimum atomic E-state index is -1.48. The van der Waals surface area contributed by atoms with Crippen LogP contribution in [0.2, 0.25) is 0 Å². The molecule has 1 heterocycles. The largest absolute Gasteiger partial charge is 0.494 e. The van der Waals surface area contributed by atoms with E-state index in [-0.39, 0.29) is 6.61 Å². The van der Waals surface area contributed by atoms with Crippen molar-refractivity contribution in [2.75, 3.05) is 19.0 Å². The fourth-order valence-electron chi connectivity index (χ4n) is 3.12. The average molecular weight is 458 g/mol. The Balaban J connectivity index is 1.54. The Morgan fingerprint density at radius 3 is 2.53 bits per heavy atom. The summed E-state index contributed by atoms with van der Waals surface area (Å²) in [5, 5.41) is 17.9. The Kier molecular flexibility index (Phi) is 9.02. The van der Waals surface area contributed by atoms with Crippen LogP contribution < -0.4 is 9.47 Å². The highest BCUT2D eigenvalue weighted by Crippen LogP contribution is 2.28. The van der Waals surface area contributed by atoms with E-state index in [0.717, 1.165) is 64.8 Å². The second-order valence-corrected chi connectivity index (χ2v) is 8.73. The van der Waals surface area contributed by atoms with E-state index in [2.05, 4.69) is 6.92 Å². The molecule has 0 spiro atoms. The summed E-state index contributed by atoms with van der Waals surface area (Å²) < 4.78 is 17.0. The molecule has 32 heavy (non-hydrogen) atoms. The molecule has 0 radical (unpaired) electrons. The second kappa shape index (κ2) is 11.9. The SMILES string of the molecule is CCCCOc1ccc(-c2nc(CCSc3ccc(OCC(O)O)c(C)c3)c(C)o2)cc1. The number of aryl methyl sites for hydroxylation is 3. The van der Waals surface area contributed by atoms with Crippen molar-refractivity contribution < 1.29 is 24.1 Å². The highest BCUT2D eigenvalue weighted by molar-refractivity contribution is 7.99. The van der Waals surface area contributed by atoms with Crippen LogP contribution >= 0.6 is 11.8 Å². The van der Waals surface area contributed by atoms with Crippen LogP contribution in [0.15, 0.2) is 51.8 Å². The lowest BCUT2D eigenvalue weighted by molar-refractivity contribution is -0.0681. The van der Waals surface area contributed by atoms with Crippen LogP contribution in [0.5, 0.6) is 11.5 Å². The van der Waals surface area contributed by atoms with Gasteiger partial charge in [-0.05, 0) is 68.3 Å². The summed E-state index contributed by atoms with van der Waals surface area (Å²) >= 11 is 1.74. The first-order valence-corrected chi connectivity index (χ1v) is 11.9. The third-order valence-corrected chi connectivity index (χ3v) is 5.90. The molecule has 0 aliphatic heterocycles. The van der Waals surface area contributed by atoms with Gasteiger partial charge in [-0.25, -0.2) is 4.98 Å². The van der Waals surface area contributed by atoms with Crippen molar-refractivity contribution >= 4 is 11.8 Å². The molecule has 0 bridgehead atoms. The number of aliphatic hydroxyl groups is 2. The zero-order valence-corrected chi connectivity index (χ0v) is 19.7. The van der Waals surface area contributed by atoms with Gasteiger partial charge >= 0.3 is 0 Å². The molecular weight excluding hydrogens is 426 g/mol. The number of unbranched alkanes of at least 4 members (excludes halogenated alkanes) is 1. The molecule has 3 aromatic rings. The zero-order valence-electron chi connectivity index (χ0n) is 18.8. The molecule has 2 aromatic carbocycles.